The van der Waals surface area contributed by atoms with Crippen LogP contribution in [0.4, 0.5) is 18.3 Å². The first-order valence-electron chi connectivity index (χ1n) is 4.45. The number of aromatic nitrogens is 4. The van der Waals surface area contributed by atoms with Crippen LogP contribution in [0.15, 0.2) is 18.6 Å². The van der Waals surface area contributed by atoms with Crippen molar-refractivity contribution >= 4 is 16.7 Å². The van der Waals surface area contributed by atoms with E-state index in [1.54, 1.807) is 12.3 Å². The summed E-state index contributed by atoms with van der Waals surface area (Å²) in [6.45, 7) is 0.273. The average molecular weight is 261 g/mol. The van der Waals surface area contributed by atoms with Gasteiger partial charge in [-0.05, 0) is 6.07 Å². The smallest absolute Gasteiger partial charge is 0.355 e. The summed E-state index contributed by atoms with van der Waals surface area (Å²) in [6, 6.07) is 1.65. The van der Waals surface area contributed by atoms with Gasteiger partial charge in [0.05, 0.1) is 12.2 Å². The average Bonchev–Trinajstić information content (AvgIpc) is 2.76. The molecule has 0 aromatic carbocycles. The van der Waals surface area contributed by atoms with Gasteiger partial charge < -0.3 is 5.32 Å². The Balaban J connectivity index is 1.99. The minimum atomic E-state index is -4.51. The summed E-state index contributed by atoms with van der Waals surface area (Å²) < 4.78 is 39.8. The molecule has 5 nitrogen and oxygen atoms in total. The second-order valence-corrected chi connectivity index (χ2v) is 3.73. The molecule has 2 rings (SSSR count). The number of nitrogens with zero attached hydrogens (tertiary/aromatic N) is 4. The topological polar surface area (TPSA) is 63.6 Å². The molecule has 0 amide bonds. The predicted molar refractivity (Wildman–Crippen MR) is 54.3 cm³/mol. The first kappa shape index (κ1) is 11.7. The van der Waals surface area contributed by atoms with Crippen LogP contribution in [0.5, 0.6) is 0 Å². The number of hydrogen-bond donors (Lipinski definition) is 1. The lowest BCUT2D eigenvalue weighted by molar-refractivity contribution is -0.144. The molecule has 0 bridgehead atoms. The minimum Gasteiger partial charge on any atom is -0.355 e. The Morgan fingerprint density at radius 3 is 2.76 bits per heavy atom. The van der Waals surface area contributed by atoms with Crippen LogP contribution in [0.1, 0.15) is 11.5 Å². The van der Waals surface area contributed by atoms with Crippen molar-refractivity contribution in [3.05, 3.63) is 30.1 Å². The molecule has 0 atom stereocenters. The number of hydrogen-bond acceptors (Lipinski definition) is 6. The molecule has 0 saturated carbocycles. The van der Waals surface area contributed by atoms with E-state index in [0.29, 0.717) is 17.2 Å². The summed E-state index contributed by atoms with van der Waals surface area (Å²) in [7, 11) is 0. The van der Waals surface area contributed by atoms with Gasteiger partial charge in [0.2, 0.25) is 11.0 Å². The molecule has 0 aliphatic rings. The van der Waals surface area contributed by atoms with E-state index >= 15 is 0 Å². The number of rotatable bonds is 3. The molecule has 0 radical (unpaired) electrons. The van der Waals surface area contributed by atoms with Crippen LogP contribution in [0.25, 0.3) is 0 Å². The Hall–Kier alpha value is -1.77. The molecular weight excluding hydrogens is 255 g/mol. The van der Waals surface area contributed by atoms with Gasteiger partial charge in [-0.15, -0.1) is 0 Å². The highest BCUT2D eigenvalue weighted by molar-refractivity contribution is 7.09. The first-order chi connectivity index (χ1) is 8.05. The van der Waals surface area contributed by atoms with E-state index in [0.717, 1.165) is 0 Å². The standard InChI is InChI=1S/C8H6F3N5S/c9-8(10,11)6-15-7(17-16-6)13-3-5-1-2-12-4-14-5/h1-2,4H,3H2,(H,13,15,16). The third kappa shape index (κ3) is 3.09. The van der Waals surface area contributed by atoms with Gasteiger partial charge in [-0.25, -0.2) is 9.97 Å². The number of anilines is 1. The molecule has 1 N–H and O–H groups in total. The van der Waals surface area contributed by atoms with Crippen molar-refractivity contribution in [1.82, 2.24) is 19.3 Å². The van der Waals surface area contributed by atoms with Crippen LogP contribution in [0.3, 0.4) is 0 Å². The van der Waals surface area contributed by atoms with Crippen molar-refractivity contribution in [2.24, 2.45) is 0 Å². The van der Waals surface area contributed by atoms with Crippen molar-refractivity contribution in [2.45, 2.75) is 12.7 Å². The first-order valence-corrected chi connectivity index (χ1v) is 5.23. The van der Waals surface area contributed by atoms with Crippen LogP contribution < -0.4 is 5.32 Å². The van der Waals surface area contributed by atoms with E-state index in [2.05, 4.69) is 24.6 Å². The van der Waals surface area contributed by atoms with Gasteiger partial charge in [0, 0.05) is 17.7 Å². The fourth-order valence-corrected chi connectivity index (χ4v) is 1.58. The molecule has 17 heavy (non-hydrogen) atoms. The summed E-state index contributed by atoms with van der Waals surface area (Å²) in [4.78, 5) is 11.0. The van der Waals surface area contributed by atoms with Crippen molar-refractivity contribution in [1.29, 1.82) is 0 Å². The Morgan fingerprint density at radius 2 is 2.18 bits per heavy atom. The highest BCUT2D eigenvalue weighted by Gasteiger charge is 2.36. The quantitative estimate of drug-likeness (QED) is 0.915. The Bertz CT molecular complexity index is 483. The molecule has 0 fully saturated rings. The largest absolute Gasteiger partial charge is 0.452 e. The number of nitrogens with one attached hydrogen (secondary N) is 1. The van der Waals surface area contributed by atoms with Gasteiger partial charge in [0.1, 0.15) is 6.33 Å². The molecule has 2 aromatic rings. The summed E-state index contributed by atoms with van der Waals surface area (Å²) in [6.07, 6.45) is -1.60. The SMILES string of the molecule is FC(F)(F)c1nsc(NCc2ccncn2)n1. The van der Waals surface area contributed by atoms with E-state index < -0.39 is 12.0 Å². The monoisotopic (exact) mass is 261 g/mol. The van der Waals surface area contributed by atoms with E-state index in [-0.39, 0.29) is 11.7 Å². The molecule has 90 valence electrons. The predicted octanol–water partition coefficient (Wildman–Crippen LogP) is 1.96. The van der Waals surface area contributed by atoms with E-state index in [9.17, 15) is 13.2 Å². The van der Waals surface area contributed by atoms with Gasteiger partial charge in [0.25, 0.3) is 0 Å². The summed E-state index contributed by atoms with van der Waals surface area (Å²) in [5.74, 6) is -1.13. The fourth-order valence-electron chi connectivity index (χ4n) is 0.999. The van der Waals surface area contributed by atoms with E-state index in [1.165, 1.54) is 6.33 Å². The zero-order chi connectivity index (χ0) is 12.3. The molecule has 0 unspecified atom stereocenters. The summed E-state index contributed by atoms with van der Waals surface area (Å²) in [5, 5.41) is 2.82. The molecule has 0 aliphatic heterocycles. The van der Waals surface area contributed by atoms with Crippen LogP contribution in [-0.4, -0.2) is 19.3 Å². The summed E-state index contributed by atoms with van der Waals surface area (Å²) in [5.41, 5.74) is 0.656. The second-order valence-electron chi connectivity index (χ2n) is 2.98. The molecule has 0 saturated heterocycles. The highest BCUT2D eigenvalue weighted by atomic mass is 32.1. The molecule has 2 heterocycles. The van der Waals surface area contributed by atoms with E-state index in [1.807, 2.05) is 0 Å². The van der Waals surface area contributed by atoms with Crippen molar-refractivity contribution in [2.75, 3.05) is 5.32 Å². The minimum absolute atomic E-state index is 0.107. The Labute approximate surface area is 97.9 Å². The fraction of sp³-hybridized carbons (Fsp3) is 0.250. The third-order valence-electron chi connectivity index (χ3n) is 1.74. The number of alkyl halides is 3. The molecule has 2 aromatic heterocycles. The van der Waals surface area contributed by atoms with Crippen molar-refractivity contribution in [3.8, 4) is 0 Å². The van der Waals surface area contributed by atoms with Crippen LogP contribution in [0, 0.1) is 0 Å². The van der Waals surface area contributed by atoms with Gasteiger partial charge in [-0.2, -0.15) is 22.5 Å². The lowest BCUT2D eigenvalue weighted by Crippen LogP contribution is -2.08. The number of halogens is 3. The van der Waals surface area contributed by atoms with Crippen LogP contribution >= 0.6 is 11.5 Å². The summed E-state index contributed by atoms with van der Waals surface area (Å²) >= 11 is 0.660. The van der Waals surface area contributed by atoms with Gasteiger partial charge in [0.15, 0.2) is 0 Å². The van der Waals surface area contributed by atoms with Crippen molar-refractivity contribution < 1.29 is 13.2 Å². The molecule has 9 heteroatoms. The highest BCUT2D eigenvalue weighted by Crippen LogP contribution is 2.28. The Morgan fingerprint density at radius 1 is 1.35 bits per heavy atom. The normalized spacial score (nSPS) is 11.5. The zero-order valence-corrected chi connectivity index (χ0v) is 9.09. The van der Waals surface area contributed by atoms with Gasteiger partial charge in [-0.1, -0.05) is 0 Å². The van der Waals surface area contributed by atoms with Gasteiger partial charge >= 0.3 is 6.18 Å². The molecular formula is C8H6F3N5S. The lowest BCUT2D eigenvalue weighted by atomic mass is 10.4. The maximum absolute atomic E-state index is 12.2. The van der Waals surface area contributed by atoms with E-state index in [4.69, 9.17) is 0 Å². The Kier molecular flexibility index (Phi) is 3.18. The molecule has 0 aliphatic carbocycles. The maximum Gasteiger partial charge on any atom is 0.452 e. The molecule has 0 spiro atoms. The lowest BCUT2D eigenvalue weighted by Gasteiger charge is -2.00. The van der Waals surface area contributed by atoms with Gasteiger partial charge in [-0.3, -0.25) is 0 Å². The maximum atomic E-state index is 12.2. The van der Waals surface area contributed by atoms with Crippen molar-refractivity contribution in [3.63, 3.8) is 0 Å². The van der Waals surface area contributed by atoms with Crippen LogP contribution in [0.2, 0.25) is 0 Å². The van der Waals surface area contributed by atoms with Crippen LogP contribution in [-0.2, 0) is 12.7 Å². The second kappa shape index (κ2) is 4.62. The zero-order valence-electron chi connectivity index (χ0n) is 8.27. The third-order valence-corrected chi connectivity index (χ3v) is 2.42.